The van der Waals surface area contributed by atoms with Gasteiger partial charge in [0.05, 0.1) is 86.7 Å². The topological polar surface area (TPSA) is 320 Å². The van der Waals surface area contributed by atoms with E-state index in [1.165, 1.54) is 6.08 Å². The molecule has 3 aliphatic heterocycles. The summed E-state index contributed by atoms with van der Waals surface area (Å²) in [6.45, 7) is 3.19. The van der Waals surface area contributed by atoms with E-state index in [1.54, 1.807) is 79.8 Å². The molecule has 0 radical (unpaired) electrons. The van der Waals surface area contributed by atoms with E-state index in [0.717, 1.165) is 0 Å². The number of nitrogens with two attached hydrogens (primary N) is 1. The third-order valence-corrected chi connectivity index (χ3v) is 11.2. The number of aliphatic hydroxyl groups is 10. The summed E-state index contributed by atoms with van der Waals surface area (Å²) >= 11 is 0. The van der Waals surface area contributed by atoms with Gasteiger partial charge in [-0.2, -0.15) is 0 Å². The number of hydrogen-bond acceptors (Lipinski definition) is 17. The highest BCUT2D eigenvalue weighted by molar-refractivity contribution is 5.71. The maximum Gasteiger partial charge on any atom is 0.311 e. The van der Waals surface area contributed by atoms with E-state index in [2.05, 4.69) is 0 Å². The highest BCUT2D eigenvalue weighted by atomic mass is 16.7. The number of carbonyl (C=O) groups is 2. The standard InChI is InChI=1S/C45H69NO17/c1-27-15-13-11-9-7-5-3-4-6-8-10-12-14-16-32(62-44-42(56)40(46)36(53)26-61-44)22-37-39(43(57)58)35(52)24-45(59,63-37)23-31(49)20-34(51)33(50)18-17-29(47)19-30(48)21-38(54)60-25-28(2)41(27)55/h3-16,27-37,39-42,44,47-53,55-56,59H,17-26,46H2,1-2H3,(H,57,58)/b4-3+,7-5+,8-6+,11-9+,12-10+,15-13+,16-14+/t27-,28-,29+,30?,31?,32-,33?,34+,35-,36+,37-,39+,40-,41+,42-,44-,45?/m0/s1. The van der Waals surface area contributed by atoms with Crippen molar-refractivity contribution in [3.63, 3.8) is 0 Å². The lowest BCUT2D eigenvalue weighted by molar-refractivity contribution is -0.305. The monoisotopic (exact) mass is 895 g/mol. The number of cyclic esters (lactones) is 1. The maximum absolute atomic E-state index is 12.4. The van der Waals surface area contributed by atoms with Gasteiger partial charge in [0.25, 0.3) is 0 Å². The van der Waals surface area contributed by atoms with Crippen LogP contribution in [0.1, 0.15) is 65.2 Å². The van der Waals surface area contributed by atoms with Crippen molar-refractivity contribution < 1.29 is 84.7 Å². The normalized spacial score (nSPS) is 44.2. The van der Waals surface area contributed by atoms with Crippen LogP contribution < -0.4 is 5.73 Å². The summed E-state index contributed by atoms with van der Waals surface area (Å²) in [5, 5.41) is 117. The average molecular weight is 896 g/mol. The molecule has 0 amide bonds. The molecule has 0 spiro atoms. The fraction of sp³-hybridized carbons (Fsp3) is 0.644. The number of carboxylic acids is 1. The van der Waals surface area contributed by atoms with Gasteiger partial charge >= 0.3 is 11.9 Å². The summed E-state index contributed by atoms with van der Waals surface area (Å²) in [6, 6.07) is -1.12. The Hall–Kier alpha value is -3.44. The van der Waals surface area contributed by atoms with Crippen molar-refractivity contribution in [3.05, 3.63) is 85.1 Å². The molecule has 3 heterocycles. The number of aliphatic hydroxyl groups excluding tert-OH is 9. The third-order valence-electron chi connectivity index (χ3n) is 11.2. The molecule has 18 nitrogen and oxygen atoms in total. The summed E-state index contributed by atoms with van der Waals surface area (Å²) in [6.07, 6.45) is 5.15. The van der Waals surface area contributed by atoms with E-state index >= 15 is 0 Å². The SMILES string of the molecule is C[C@H]1/C=C/C=C/C=C/C=C/C=C/C=C/C=C/[C@H](O[C@@H]2OC[C@@H](O)[C@H](N)[C@@H]2O)C[C@@H]2OC(O)(CC(O)C[C@@H](O)C(O)CC[C@@H](O)CC(O)CC(=O)OC[C@H](C)[C@@H]1O)C[C@H](O)[C@H]2C(=O)O. The van der Waals surface area contributed by atoms with Gasteiger partial charge in [-0.1, -0.05) is 98.9 Å². The lowest BCUT2D eigenvalue weighted by atomic mass is 9.82. The molecule has 0 aromatic carbocycles. The minimum atomic E-state index is -2.32. The molecule has 0 aliphatic carbocycles. The first-order valence-corrected chi connectivity index (χ1v) is 21.4. The van der Waals surface area contributed by atoms with Crippen LogP contribution in [0.3, 0.4) is 0 Å². The van der Waals surface area contributed by atoms with E-state index in [0.29, 0.717) is 0 Å². The zero-order valence-corrected chi connectivity index (χ0v) is 35.8. The Morgan fingerprint density at radius 2 is 1.27 bits per heavy atom. The largest absolute Gasteiger partial charge is 0.481 e. The lowest BCUT2D eigenvalue weighted by Gasteiger charge is -2.45. The number of ether oxygens (including phenoxy) is 4. The predicted octanol–water partition coefficient (Wildman–Crippen LogP) is -0.0653. The van der Waals surface area contributed by atoms with Gasteiger partial charge in [-0.25, -0.2) is 0 Å². The molecule has 17 atom stereocenters. The third kappa shape index (κ3) is 18.9. The van der Waals surface area contributed by atoms with Crippen LogP contribution in [0.5, 0.6) is 0 Å². The molecule has 18 heteroatoms. The summed E-state index contributed by atoms with van der Waals surface area (Å²) in [4.78, 5) is 24.8. The number of fused-ring (bicyclic) bond motifs is 2. The number of aliphatic carboxylic acids is 1. The first-order valence-electron chi connectivity index (χ1n) is 21.4. The molecule has 2 saturated heterocycles. The number of esters is 1. The number of carbonyl (C=O) groups excluding carboxylic acids is 1. The molecular weight excluding hydrogens is 826 g/mol. The molecule has 3 aliphatic rings. The van der Waals surface area contributed by atoms with E-state index in [-0.39, 0.29) is 44.8 Å². The summed E-state index contributed by atoms with van der Waals surface area (Å²) < 4.78 is 22.6. The molecule has 63 heavy (non-hydrogen) atoms. The second kappa shape index (κ2) is 27.1. The minimum Gasteiger partial charge on any atom is -0.481 e. The van der Waals surface area contributed by atoms with Gasteiger partial charge < -0.3 is 80.9 Å². The Balaban J connectivity index is 1.83. The number of rotatable bonds is 3. The van der Waals surface area contributed by atoms with Crippen molar-refractivity contribution in [2.24, 2.45) is 23.5 Å². The average Bonchev–Trinajstić information content (AvgIpc) is 3.20. The van der Waals surface area contributed by atoms with E-state index in [1.807, 2.05) is 13.0 Å². The number of hydrogen-bond donors (Lipinski definition) is 12. The van der Waals surface area contributed by atoms with Crippen LogP contribution in [0.15, 0.2) is 85.1 Å². The minimum absolute atomic E-state index is 0.0941. The smallest absolute Gasteiger partial charge is 0.311 e. The first-order chi connectivity index (χ1) is 29.8. The van der Waals surface area contributed by atoms with Crippen molar-refractivity contribution in [1.82, 2.24) is 0 Å². The van der Waals surface area contributed by atoms with Gasteiger partial charge in [0, 0.05) is 37.5 Å². The van der Waals surface area contributed by atoms with Crippen LogP contribution >= 0.6 is 0 Å². The van der Waals surface area contributed by atoms with Gasteiger partial charge in [0.1, 0.15) is 12.0 Å². The van der Waals surface area contributed by atoms with Crippen LogP contribution in [-0.4, -0.2) is 167 Å². The fourth-order valence-electron chi connectivity index (χ4n) is 7.50. The molecule has 0 aromatic rings. The van der Waals surface area contributed by atoms with Crippen LogP contribution in [0.25, 0.3) is 0 Å². The molecule has 2 bridgehead atoms. The molecule has 13 N–H and O–H groups in total. The molecule has 356 valence electrons. The molecule has 0 aromatic heterocycles. The second-order valence-corrected chi connectivity index (χ2v) is 16.7. The van der Waals surface area contributed by atoms with Crippen molar-refractivity contribution in [3.8, 4) is 0 Å². The van der Waals surface area contributed by atoms with Crippen LogP contribution in [0.2, 0.25) is 0 Å². The van der Waals surface area contributed by atoms with Crippen molar-refractivity contribution in [1.29, 1.82) is 0 Å². The molecular formula is C45H69NO17. The zero-order chi connectivity index (χ0) is 46.7. The maximum atomic E-state index is 12.4. The molecule has 4 unspecified atom stereocenters. The second-order valence-electron chi connectivity index (χ2n) is 16.7. The Bertz CT molecular complexity index is 1600. The summed E-state index contributed by atoms with van der Waals surface area (Å²) in [5.74, 6) is -6.76. The van der Waals surface area contributed by atoms with Crippen LogP contribution in [-0.2, 0) is 28.5 Å². The van der Waals surface area contributed by atoms with Gasteiger partial charge in [0.15, 0.2) is 12.1 Å². The Morgan fingerprint density at radius 3 is 1.87 bits per heavy atom. The molecule has 0 saturated carbocycles. The lowest BCUT2D eigenvalue weighted by Crippen LogP contribution is -2.59. The van der Waals surface area contributed by atoms with Crippen LogP contribution in [0.4, 0.5) is 0 Å². The number of carboxylic acid groups (broad SMARTS) is 1. The van der Waals surface area contributed by atoms with Crippen molar-refractivity contribution >= 4 is 11.9 Å². The van der Waals surface area contributed by atoms with E-state index < -0.39 is 135 Å². The number of allylic oxidation sites excluding steroid dienone is 12. The highest BCUT2D eigenvalue weighted by Gasteiger charge is 2.50. The highest BCUT2D eigenvalue weighted by Crippen LogP contribution is 2.38. The van der Waals surface area contributed by atoms with Gasteiger partial charge in [-0.05, 0) is 19.3 Å². The van der Waals surface area contributed by atoms with E-state index in [9.17, 15) is 65.8 Å². The quantitative estimate of drug-likeness (QED) is 0.165. The molecule has 3 rings (SSSR count). The fourth-order valence-corrected chi connectivity index (χ4v) is 7.50. The Kier molecular flexibility index (Phi) is 23.2. The zero-order valence-electron chi connectivity index (χ0n) is 35.8. The van der Waals surface area contributed by atoms with Crippen LogP contribution in [0, 0.1) is 17.8 Å². The van der Waals surface area contributed by atoms with Gasteiger partial charge in [-0.15, -0.1) is 0 Å². The Morgan fingerprint density at radius 1 is 0.683 bits per heavy atom. The van der Waals surface area contributed by atoms with Gasteiger partial charge in [-0.3, -0.25) is 9.59 Å². The predicted molar refractivity (Wildman–Crippen MR) is 228 cm³/mol. The van der Waals surface area contributed by atoms with E-state index in [4.69, 9.17) is 24.7 Å². The molecule has 2 fully saturated rings. The first kappa shape index (κ1) is 53.9. The summed E-state index contributed by atoms with van der Waals surface area (Å²) in [7, 11) is 0. The van der Waals surface area contributed by atoms with Gasteiger partial charge in [0.2, 0.25) is 0 Å². The Labute approximate surface area is 368 Å². The van der Waals surface area contributed by atoms with Crippen molar-refractivity contribution in [2.45, 2.75) is 150 Å². The van der Waals surface area contributed by atoms with Crippen molar-refractivity contribution in [2.75, 3.05) is 13.2 Å². The summed E-state index contributed by atoms with van der Waals surface area (Å²) in [5.41, 5.74) is 5.92.